The first kappa shape index (κ1) is 16.1. The summed E-state index contributed by atoms with van der Waals surface area (Å²) in [6.07, 6.45) is 7.34. The molecule has 5 nitrogen and oxygen atoms in total. The van der Waals surface area contributed by atoms with Crippen LogP contribution in [0, 0.1) is 5.92 Å². The van der Waals surface area contributed by atoms with Crippen molar-refractivity contribution >= 4 is 23.8 Å². The number of aliphatic carboxylic acids is 1. The van der Waals surface area contributed by atoms with Crippen LogP contribution in [0.5, 0.6) is 0 Å². The predicted octanol–water partition coefficient (Wildman–Crippen LogP) is 2.07. The molecule has 19 heavy (non-hydrogen) atoms. The summed E-state index contributed by atoms with van der Waals surface area (Å²) in [5, 5.41) is 14.3. The Balaban J connectivity index is 2.19. The van der Waals surface area contributed by atoms with Crippen molar-refractivity contribution in [1.82, 2.24) is 10.6 Å². The second-order valence-corrected chi connectivity index (χ2v) is 6.51. The number of carboxylic acid groups (broad SMARTS) is 1. The van der Waals surface area contributed by atoms with E-state index in [4.69, 9.17) is 5.11 Å². The fourth-order valence-corrected chi connectivity index (χ4v) is 3.22. The summed E-state index contributed by atoms with van der Waals surface area (Å²) in [5.41, 5.74) is 0. The molecule has 1 aliphatic rings. The molecule has 1 unspecified atom stereocenters. The van der Waals surface area contributed by atoms with Crippen LogP contribution in [-0.4, -0.2) is 41.2 Å². The van der Waals surface area contributed by atoms with Crippen molar-refractivity contribution in [1.29, 1.82) is 0 Å². The van der Waals surface area contributed by atoms with E-state index in [1.165, 1.54) is 12.8 Å². The van der Waals surface area contributed by atoms with Gasteiger partial charge in [-0.15, -0.1) is 0 Å². The van der Waals surface area contributed by atoms with Gasteiger partial charge in [0.1, 0.15) is 0 Å². The highest BCUT2D eigenvalue weighted by molar-refractivity contribution is 8.00. The van der Waals surface area contributed by atoms with Crippen molar-refractivity contribution in [2.45, 2.75) is 43.8 Å². The first-order chi connectivity index (χ1) is 8.99. The number of carbonyl (C=O) groups excluding carboxylic acids is 1. The molecule has 0 aliphatic heterocycles. The maximum absolute atomic E-state index is 11.6. The number of hydrogen-bond donors (Lipinski definition) is 3. The first-order valence-electron chi connectivity index (χ1n) is 6.79. The van der Waals surface area contributed by atoms with Gasteiger partial charge in [0.25, 0.3) is 0 Å². The second-order valence-electron chi connectivity index (χ2n) is 5.23. The standard InChI is InChI=1S/C13H24N2O3S/c1-10(11(16)17)5-8-14-12(18)15-9-13(19-2)6-3-4-7-13/h10H,3-9H2,1-2H3,(H,16,17)(H2,14,15,18). The summed E-state index contributed by atoms with van der Waals surface area (Å²) < 4.78 is 0.200. The summed E-state index contributed by atoms with van der Waals surface area (Å²) in [7, 11) is 0. The van der Waals surface area contributed by atoms with Crippen LogP contribution in [0.4, 0.5) is 4.79 Å². The van der Waals surface area contributed by atoms with Crippen molar-refractivity contribution < 1.29 is 14.7 Å². The minimum Gasteiger partial charge on any atom is -0.481 e. The average molecular weight is 288 g/mol. The van der Waals surface area contributed by atoms with Crippen LogP contribution >= 0.6 is 11.8 Å². The summed E-state index contributed by atoms with van der Waals surface area (Å²) in [6.45, 7) is 2.73. The molecule has 2 amide bonds. The van der Waals surface area contributed by atoms with Crippen LogP contribution in [0.3, 0.4) is 0 Å². The van der Waals surface area contributed by atoms with E-state index in [0.29, 0.717) is 19.5 Å². The van der Waals surface area contributed by atoms with E-state index in [2.05, 4.69) is 16.9 Å². The van der Waals surface area contributed by atoms with E-state index in [1.54, 1.807) is 6.92 Å². The zero-order valence-electron chi connectivity index (χ0n) is 11.7. The normalized spacial score (nSPS) is 18.8. The third kappa shape index (κ3) is 5.30. The second kappa shape index (κ2) is 7.62. The van der Waals surface area contributed by atoms with Gasteiger partial charge in [-0.2, -0.15) is 11.8 Å². The number of amides is 2. The quantitative estimate of drug-likeness (QED) is 0.670. The molecule has 1 rings (SSSR count). The van der Waals surface area contributed by atoms with E-state index in [-0.39, 0.29) is 10.8 Å². The SMILES string of the molecule is CSC1(CNC(=O)NCCC(C)C(=O)O)CCCC1. The van der Waals surface area contributed by atoms with Gasteiger partial charge in [-0.05, 0) is 25.5 Å². The molecule has 0 aromatic rings. The Morgan fingerprint density at radius 2 is 1.95 bits per heavy atom. The van der Waals surface area contributed by atoms with E-state index < -0.39 is 11.9 Å². The number of carboxylic acids is 1. The maximum Gasteiger partial charge on any atom is 0.314 e. The molecule has 1 fully saturated rings. The van der Waals surface area contributed by atoms with Gasteiger partial charge >= 0.3 is 12.0 Å². The molecule has 0 aromatic carbocycles. The summed E-state index contributed by atoms with van der Waals surface area (Å²) >= 11 is 1.83. The molecule has 110 valence electrons. The highest BCUT2D eigenvalue weighted by Gasteiger charge is 2.33. The minimum atomic E-state index is -0.825. The first-order valence-corrected chi connectivity index (χ1v) is 8.01. The Morgan fingerprint density at radius 3 is 2.47 bits per heavy atom. The Hall–Kier alpha value is -0.910. The Kier molecular flexibility index (Phi) is 6.48. The summed E-state index contributed by atoms with van der Waals surface area (Å²) in [4.78, 5) is 22.3. The third-order valence-corrected chi connectivity index (χ3v) is 5.22. The van der Waals surface area contributed by atoms with Gasteiger partial charge in [0.15, 0.2) is 0 Å². The molecule has 0 radical (unpaired) electrons. The van der Waals surface area contributed by atoms with Crippen LogP contribution < -0.4 is 10.6 Å². The van der Waals surface area contributed by atoms with Crippen molar-refractivity contribution in [2.75, 3.05) is 19.3 Å². The van der Waals surface area contributed by atoms with Crippen molar-refractivity contribution in [3.8, 4) is 0 Å². The molecule has 0 heterocycles. The van der Waals surface area contributed by atoms with Crippen LogP contribution in [0.1, 0.15) is 39.0 Å². The summed E-state index contributed by atoms with van der Waals surface area (Å²) in [5.74, 6) is -1.25. The molecule has 0 aromatic heterocycles. The number of thioether (sulfide) groups is 1. The molecule has 1 atom stereocenters. The van der Waals surface area contributed by atoms with E-state index in [9.17, 15) is 9.59 Å². The number of nitrogens with one attached hydrogen (secondary N) is 2. The lowest BCUT2D eigenvalue weighted by Crippen LogP contribution is -2.44. The highest BCUT2D eigenvalue weighted by Crippen LogP contribution is 2.39. The van der Waals surface area contributed by atoms with Gasteiger partial charge in [-0.25, -0.2) is 4.79 Å². The van der Waals surface area contributed by atoms with Crippen LogP contribution in [0.25, 0.3) is 0 Å². The highest BCUT2D eigenvalue weighted by atomic mass is 32.2. The van der Waals surface area contributed by atoms with Crippen molar-refractivity contribution in [2.24, 2.45) is 5.92 Å². The monoisotopic (exact) mass is 288 g/mol. The van der Waals surface area contributed by atoms with Crippen LogP contribution in [0.2, 0.25) is 0 Å². The van der Waals surface area contributed by atoms with Gasteiger partial charge in [0.2, 0.25) is 0 Å². The Bertz CT molecular complexity index is 317. The molecular formula is C13H24N2O3S. The fraction of sp³-hybridized carbons (Fsp3) is 0.846. The number of hydrogen-bond acceptors (Lipinski definition) is 3. The minimum absolute atomic E-state index is 0.196. The molecule has 0 spiro atoms. The third-order valence-electron chi connectivity index (χ3n) is 3.80. The largest absolute Gasteiger partial charge is 0.481 e. The van der Waals surface area contributed by atoms with E-state index >= 15 is 0 Å². The van der Waals surface area contributed by atoms with E-state index in [1.807, 2.05) is 11.8 Å². The lowest BCUT2D eigenvalue weighted by atomic mass is 10.1. The average Bonchev–Trinajstić information content (AvgIpc) is 2.85. The molecule has 1 aliphatic carbocycles. The van der Waals surface area contributed by atoms with Crippen molar-refractivity contribution in [3.63, 3.8) is 0 Å². The van der Waals surface area contributed by atoms with Gasteiger partial charge in [0, 0.05) is 17.8 Å². The zero-order chi connectivity index (χ0) is 14.3. The lowest BCUT2D eigenvalue weighted by molar-refractivity contribution is -0.141. The zero-order valence-corrected chi connectivity index (χ0v) is 12.5. The van der Waals surface area contributed by atoms with Gasteiger partial charge in [-0.1, -0.05) is 19.8 Å². The number of rotatable bonds is 7. The van der Waals surface area contributed by atoms with Gasteiger partial charge in [0.05, 0.1) is 5.92 Å². The number of carbonyl (C=O) groups is 2. The Labute approximate surface area is 118 Å². The molecule has 0 bridgehead atoms. The lowest BCUT2D eigenvalue weighted by Gasteiger charge is -2.26. The molecular weight excluding hydrogens is 264 g/mol. The topological polar surface area (TPSA) is 78.4 Å². The number of urea groups is 1. The molecule has 0 saturated heterocycles. The fourth-order valence-electron chi connectivity index (χ4n) is 2.30. The van der Waals surface area contributed by atoms with Crippen LogP contribution in [-0.2, 0) is 4.79 Å². The van der Waals surface area contributed by atoms with Crippen molar-refractivity contribution in [3.05, 3.63) is 0 Å². The van der Waals surface area contributed by atoms with E-state index in [0.717, 1.165) is 12.8 Å². The predicted molar refractivity (Wildman–Crippen MR) is 77.5 cm³/mol. The van der Waals surface area contributed by atoms with Gasteiger partial charge in [-0.3, -0.25) is 4.79 Å². The molecule has 3 N–H and O–H groups in total. The maximum atomic E-state index is 11.6. The molecule has 6 heteroatoms. The summed E-state index contributed by atoms with van der Waals surface area (Å²) in [6, 6.07) is -0.196. The van der Waals surface area contributed by atoms with Crippen LogP contribution in [0.15, 0.2) is 0 Å². The molecule has 1 saturated carbocycles. The smallest absolute Gasteiger partial charge is 0.314 e. The Morgan fingerprint density at radius 1 is 1.32 bits per heavy atom. The van der Waals surface area contributed by atoms with Gasteiger partial charge < -0.3 is 15.7 Å².